The maximum absolute atomic E-state index is 12.4. The number of aryl methyl sites for hydroxylation is 1. The summed E-state index contributed by atoms with van der Waals surface area (Å²) in [6, 6.07) is 11.6. The van der Waals surface area contributed by atoms with Crippen LogP contribution in [0.15, 0.2) is 36.4 Å². The fraction of sp³-hybridized carbons (Fsp3) is 0.263. The van der Waals surface area contributed by atoms with Gasteiger partial charge in [-0.3, -0.25) is 4.79 Å². The predicted octanol–water partition coefficient (Wildman–Crippen LogP) is 3.02. The monoisotopic (exact) mass is 340 g/mol. The molecule has 0 radical (unpaired) electrons. The van der Waals surface area contributed by atoms with Gasteiger partial charge in [-0.15, -0.1) is 0 Å². The summed E-state index contributed by atoms with van der Waals surface area (Å²) in [6.07, 6.45) is 0. The Hall–Kier alpha value is -3.20. The van der Waals surface area contributed by atoms with E-state index in [0.717, 1.165) is 5.56 Å². The Morgan fingerprint density at radius 1 is 1.04 bits per heavy atom. The zero-order valence-electron chi connectivity index (χ0n) is 14.6. The molecule has 0 aliphatic carbocycles. The first kappa shape index (κ1) is 18.1. The highest BCUT2D eigenvalue weighted by Gasteiger charge is 2.20. The molecule has 1 atom stereocenters. The molecule has 0 heterocycles. The Bertz CT molecular complexity index is 769. The van der Waals surface area contributed by atoms with Gasteiger partial charge in [0, 0.05) is 5.56 Å². The summed E-state index contributed by atoms with van der Waals surface area (Å²) in [6.45, 7) is 1.94. The van der Waals surface area contributed by atoms with Gasteiger partial charge >= 0.3 is 0 Å². The van der Waals surface area contributed by atoms with Gasteiger partial charge < -0.3 is 19.5 Å². The van der Waals surface area contributed by atoms with Crippen LogP contribution in [0.3, 0.4) is 0 Å². The van der Waals surface area contributed by atoms with Gasteiger partial charge in [0.05, 0.1) is 27.4 Å². The highest BCUT2D eigenvalue weighted by Crippen LogP contribution is 2.39. The van der Waals surface area contributed by atoms with E-state index in [9.17, 15) is 10.1 Å². The van der Waals surface area contributed by atoms with Gasteiger partial charge in [-0.1, -0.05) is 17.7 Å². The average Bonchev–Trinajstić information content (AvgIpc) is 2.65. The number of amides is 1. The summed E-state index contributed by atoms with van der Waals surface area (Å²) >= 11 is 0. The first-order valence-corrected chi connectivity index (χ1v) is 7.61. The van der Waals surface area contributed by atoms with Gasteiger partial charge in [0.25, 0.3) is 5.91 Å². The molecule has 2 aromatic rings. The zero-order chi connectivity index (χ0) is 18.4. The van der Waals surface area contributed by atoms with Crippen molar-refractivity contribution in [2.45, 2.75) is 13.0 Å². The van der Waals surface area contributed by atoms with Crippen LogP contribution in [0.25, 0.3) is 0 Å². The predicted molar refractivity (Wildman–Crippen MR) is 93.1 cm³/mol. The van der Waals surface area contributed by atoms with Crippen LogP contribution in [0.4, 0.5) is 0 Å². The fourth-order valence-corrected chi connectivity index (χ4v) is 2.38. The van der Waals surface area contributed by atoms with Crippen LogP contribution in [-0.2, 0) is 0 Å². The van der Waals surface area contributed by atoms with Gasteiger partial charge in [0.1, 0.15) is 6.04 Å². The van der Waals surface area contributed by atoms with Crippen LogP contribution in [0.5, 0.6) is 17.2 Å². The first-order chi connectivity index (χ1) is 12.0. The molecule has 0 spiro atoms. The number of carbonyl (C=O) groups excluding carboxylic acids is 1. The highest BCUT2D eigenvalue weighted by atomic mass is 16.5. The van der Waals surface area contributed by atoms with Crippen molar-refractivity contribution in [3.05, 3.63) is 53.1 Å². The fourth-order valence-electron chi connectivity index (χ4n) is 2.38. The number of hydrogen-bond acceptors (Lipinski definition) is 5. The normalized spacial score (nSPS) is 11.2. The van der Waals surface area contributed by atoms with Crippen molar-refractivity contribution in [1.82, 2.24) is 5.32 Å². The third-order valence-corrected chi connectivity index (χ3v) is 3.74. The molecular formula is C19H20N2O4. The lowest BCUT2D eigenvalue weighted by Gasteiger charge is -2.17. The van der Waals surface area contributed by atoms with Crippen molar-refractivity contribution >= 4 is 5.91 Å². The molecule has 0 bridgehead atoms. The molecule has 0 aliphatic heterocycles. The van der Waals surface area contributed by atoms with E-state index in [1.54, 1.807) is 24.3 Å². The van der Waals surface area contributed by atoms with Gasteiger partial charge in [-0.25, -0.2) is 0 Å². The number of nitrogens with one attached hydrogen (secondary N) is 1. The molecule has 1 N–H and O–H groups in total. The van der Waals surface area contributed by atoms with Gasteiger partial charge in [0.2, 0.25) is 5.75 Å². The second-order valence-electron chi connectivity index (χ2n) is 5.36. The average molecular weight is 340 g/mol. The summed E-state index contributed by atoms with van der Waals surface area (Å²) < 4.78 is 15.8. The maximum atomic E-state index is 12.4. The highest BCUT2D eigenvalue weighted by molar-refractivity contribution is 5.94. The topological polar surface area (TPSA) is 80.6 Å². The van der Waals surface area contributed by atoms with Crippen LogP contribution in [0.1, 0.15) is 27.5 Å². The Balaban J connectivity index is 2.33. The van der Waals surface area contributed by atoms with E-state index < -0.39 is 6.04 Å². The van der Waals surface area contributed by atoms with E-state index in [2.05, 4.69) is 11.4 Å². The second-order valence-corrected chi connectivity index (χ2v) is 5.36. The standard InChI is InChI=1S/C19H20N2O4/c1-12-5-7-13(8-6-12)19(22)21-15(11-20)14-9-16(23-2)18(25-4)17(10-14)24-3/h5-10,15H,1-4H3,(H,21,22)/t15-/m1/s1. The number of nitriles is 1. The minimum atomic E-state index is -0.859. The van der Waals surface area contributed by atoms with Crippen molar-refractivity contribution in [3.8, 4) is 23.3 Å². The van der Waals surface area contributed by atoms with Gasteiger partial charge in [0.15, 0.2) is 11.5 Å². The molecule has 0 aliphatic rings. The van der Waals surface area contributed by atoms with Gasteiger partial charge in [-0.2, -0.15) is 5.26 Å². The van der Waals surface area contributed by atoms with E-state index in [1.807, 2.05) is 19.1 Å². The molecule has 25 heavy (non-hydrogen) atoms. The van der Waals surface area contributed by atoms with Crippen molar-refractivity contribution in [2.75, 3.05) is 21.3 Å². The smallest absolute Gasteiger partial charge is 0.252 e. The Morgan fingerprint density at radius 3 is 2.04 bits per heavy atom. The number of benzene rings is 2. The quantitative estimate of drug-likeness (QED) is 0.874. The van der Waals surface area contributed by atoms with Crippen molar-refractivity contribution < 1.29 is 19.0 Å². The van der Waals surface area contributed by atoms with E-state index in [0.29, 0.717) is 28.4 Å². The second kappa shape index (κ2) is 8.06. The molecule has 0 saturated heterocycles. The van der Waals surface area contributed by atoms with E-state index in [-0.39, 0.29) is 5.91 Å². The van der Waals surface area contributed by atoms with Gasteiger partial charge in [-0.05, 0) is 36.8 Å². The van der Waals surface area contributed by atoms with E-state index >= 15 is 0 Å². The molecule has 0 aromatic heterocycles. The maximum Gasteiger partial charge on any atom is 0.252 e. The van der Waals surface area contributed by atoms with Crippen molar-refractivity contribution in [2.24, 2.45) is 0 Å². The molecule has 130 valence electrons. The number of carbonyl (C=O) groups is 1. The minimum absolute atomic E-state index is 0.333. The number of rotatable bonds is 6. The molecule has 2 aromatic carbocycles. The summed E-state index contributed by atoms with van der Waals surface area (Å²) in [4.78, 5) is 12.4. The third-order valence-electron chi connectivity index (χ3n) is 3.74. The number of ether oxygens (including phenoxy) is 3. The lowest BCUT2D eigenvalue weighted by Crippen LogP contribution is -2.27. The number of hydrogen-bond donors (Lipinski definition) is 1. The molecule has 0 unspecified atom stereocenters. The van der Waals surface area contributed by atoms with Crippen LogP contribution >= 0.6 is 0 Å². The molecule has 6 nitrogen and oxygen atoms in total. The number of nitrogens with zero attached hydrogens (tertiary/aromatic N) is 1. The van der Waals surface area contributed by atoms with E-state index in [1.165, 1.54) is 21.3 Å². The van der Waals surface area contributed by atoms with E-state index in [4.69, 9.17) is 14.2 Å². The summed E-state index contributed by atoms with van der Waals surface area (Å²) in [5.41, 5.74) is 2.08. The summed E-state index contributed by atoms with van der Waals surface area (Å²) in [7, 11) is 4.49. The Morgan fingerprint density at radius 2 is 1.60 bits per heavy atom. The SMILES string of the molecule is COc1cc([C@@H](C#N)NC(=O)c2ccc(C)cc2)cc(OC)c1OC. The van der Waals surface area contributed by atoms with Crippen molar-refractivity contribution in [1.29, 1.82) is 5.26 Å². The van der Waals surface area contributed by atoms with Crippen LogP contribution in [-0.4, -0.2) is 27.2 Å². The number of methoxy groups -OCH3 is 3. The van der Waals surface area contributed by atoms with Crippen molar-refractivity contribution in [3.63, 3.8) is 0 Å². The largest absolute Gasteiger partial charge is 0.493 e. The molecule has 0 saturated carbocycles. The molecule has 0 fully saturated rings. The lowest BCUT2D eigenvalue weighted by molar-refractivity contribution is 0.0945. The van der Waals surface area contributed by atoms with Crippen LogP contribution < -0.4 is 19.5 Å². The molecule has 1 amide bonds. The zero-order valence-corrected chi connectivity index (χ0v) is 14.6. The molecule has 2 rings (SSSR count). The summed E-state index contributed by atoms with van der Waals surface area (Å²) in [5.74, 6) is 0.930. The Labute approximate surface area is 146 Å². The lowest BCUT2D eigenvalue weighted by atomic mass is 10.1. The first-order valence-electron chi connectivity index (χ1n) is 7.61. The molecule has 6 heteroatoms. The minimum Gasteiger partial charge on any atom is -0.493 e. The van der Waals surface area contributed by atoms with Crippen LogP contribution in [0.2, 0.25) is 0 Å². The third kappa shape index (κ3) is 4.01. The molecular weight excluding hydrogens is 320 g/mol. The summed E-state index contributed by atoms with van der Waals surface area (Å²) in [5, 5.41) is 12.2. The Kier molecular flexibility index (Phi) is 5.85. The van der Waals surface area contributed by atoms with Crippen LogP contribution in [0, 0.1) is 18.3 Å².